The average molecular weight is 434 g/mol. The van der Waals surface area contributed by atoms with Crippen LogP contribution in [0.1, 0.15) is 0 Å². The molecule has 2 aromatic carbocycles. The fourth-order valence-corrected chi connectivity index (χ4v) is 4.69. The van der Waals surface area contributed by atoms with Crippen molar-refractivity contribution < 1.29 is 21.6 Å². The molecular weight excluding hydrogens is 414 g/mol. The van der Waals surface area contributed by atoms with Gasteiger partial charge in [-0.1, -0.05) is 11.6 Å². The van der Waals surface area contributed by atoms with Crippen molar-refractivity contribution in [1.29, 1.82) is 0 Å². The van der Waals surface area contributed by atoms with E-state index in [4.69, 9.17) is 16.3 Å². The number of sulfonamides is 2. The fraction of sp³-hybridized carbons (Fsp3) is 0.250. The van der Waals surface area contributed by atoms with Gasteiger partial charge in [-0.3, -0.25) is 4.31 Å². The number of hydrogen-bond acceptors (Lipinski definition) is 6. The second kappa shape index (κ2) is 8.03. The summed E-state index contributed by atoms with van der Waals surface area (Å²) in [5.74, 6) is 0.207. The number of hydrogen-bond donors (Lipinski definition) is 1. The van der Waals surface area contributed by atoms with Crippen molar-refractivity contribution in [2.24, 2.45) is 0 Å². The van der Waals surface area contributed by atoms with Crippen molar-refractivity contribution in [2.75, 3.05) is 32.6 Å². The van der Waals surface area contributed by atoms with E-state index in [0.717, 1.165) is 4.31 Å². The number of methoxy groups -OCH3 is 1. The number of hydrazine groups is 1. The highest BCUT2D eigenvalue weighted by molar-refractivity contribution is 7.92. The van der Waals surface area contributed by atoms with Crippen LogP contribution in [-0.4, -0.2) is 50.1 Å². The molecule has 1 N–H and O–H groups in total. The minimum Gasteiger partial charge on any atom is -0.495 e. The van der Waals surface area contributed by atoms with Gasteiger partial charge in [0.25, 0.3) is 20.0 Å². The molecular formula is C16H20ClN3O5S2. The predicted molar refractivity (Wildman–Crippen MR) is 104 cm³/mol. The maximum absolute atomic E-state index is 12.9. The first kappa shape index (κ1) is 21.5. The van der Waals surface area contributed by atoms with E-state index in [1.54, 1.807) is 0 Å². The molecule has 0 unspecified atom stereocenters. The number of ether oxygens (including phenoxy) is 1. The van der Waals surface area contributed by atoms with Crippen LogP contribution in [0.5, 0.6) is 5.75 Å². The summed E-state index contributed by atoms with van der Waals surface area (Å²) in [6.45, 7) is 0. The van der Waals surface area contributed by atoms with Crippen LogP contribution in [0.25, 0.3) is 0 Å². The van der Waals surface area contributed by atoms with Crippen molar-refractivity contribution in [2.45, 2.75) is 9.79 Å². The van der Waals surface area contributed by atoms with Crippen LogP contribution < -0.4 is 13.9 Å². The molecule has 0 heterocycles. The number of nitrogens with one attached hydrogen (secondary N) is 1. The number of benzene rings is 2. The minimum absolute atomic E-state index is 0.0103. The monoisotopic (exact) mass is 433 g/mol. The third kappa shape index (κ3) is 4.71. The van der Waals surface area contributed by atoms with Gasteiger partial charge in [0.15, 0.2) is 0 Å². The molecule has 0 aromatic heterocycles. The van der Waals surface area contributed by atoms with Gasteiger partial charge < -0.3 is 4.74 Å². The SMILES string of the molecule is COc1ccc(S(=O)(=O)NN(C)C)cc1N(C)S(=O)(=O)c1ccc(Cl)cc1. The minimum atomic E-state index is -3.96. The lowest BCUT2D eigenvalue weighted by Crippen LogP contribution is -2.36. The average Bonchev–Trinajstić information content (AvgIpc) is 2.59. The molecule has 2 rings (SSSR count). The third-order valence-electron chi connectivity index (χ3n) is 3.57. The Bertz CT molecular complexity index is 1020. The summed E-state index contributed by atoms with van der Waals surface area (Å²) >= 11 is 5.81. The van der Waals surface area contributed by atoms with Gasteiger partial charge in [0, 0.05) is 26.2 Å². The molecule has 0 saturated carbocycles. The van der Waals surface area contributed by atoms with E-state index in [1.807, 2.05) is 0 Å². The molecule has 0 saturated heterocycles. The van der Waals surface area contributed by atoms with Gasteiger partial charge in [0.1, 0.15) is 5.75 Å². The molecule has 0 aliphatic carbocycles. The molecule has 0 aliphatic heterocycles. The van der Waals surface area contributed by atoms with Gasteiger partial charge in [-0.05, 0) is 42.5 Å². The first-order valence-electron chi connectivity index (χ1n) is 7.61. The highest BCUT2D eigenvalue weighted by Crippen LogP contribution is 2.33. The zero-order valence-corrected chi connectivity index (χ0v) is 17.6. The van der Waals surface area contributed by atoms with Crippen molar-refractivity contribution in [1.82, 2.24) is 9.84 Å². The summed E-state index contributed by atoms with van der Waals surface area (Å²) in [5.41, 5.74) is 0.0779. The standard InChI is InChI=1S/C16H20ClN3O5S2/c1-19(2)18-26(21,22)14-9-10-16(25-4)15(11-14)20(3)27(23,24)13-7-5-12(17)6-8-13/h5-11,18H,1-4H3. The lowest BCUT2D eigenvalue weighted by molar-refractivity contribution is 0.364. The van der Waals surface area contributed by atoms with Crippen molar-refractivity contribution in [3.8, 4) is 5.75 Å². The highest BCUT2D eigenvalue weighted by Gasteiger charge is 2.26. The van der Waals surface area contributed by atoms with E-state index in [-0.39, 0.29) is 21.2 Å². The van der Waals surface area contributed by atoms with Crippen LogP contribution in [0.3, 0.4) is 0 Å². The molecule has 0 radical (unpaired) electrons. The Morgan fingerprint density at radius 3 is 2.00 bits per heavy atom. The molecule has 27 heavy (non-hydrogen) atoms. The zero-order chi connectivity index (χ0) is 20.4. The number of anilines is 1. The molecule has 0 amide bonds. The largest absolute Gasteiger partial charge is 0.495 e. The quantitative estimate of drug-likeness (QED) is 0.670. The maximum atomic E-state index is 12.9. The summed E-state index contributed by atoms with van der Waals surface area (Å²) in [5, 5.41) is 1.67. The van der Waals surface area contributed by atoms with Crippen molar-refractivity contribution >= 4 is 37.3 Å². The molecule has 0 fully saturated rings. The zero-order valence-electron chi connectivity index (χ0n) is 15.2. The second-order valence-corrected chi connectivity index (χ2v) is 9.82. The maximum Gasteiger partial charge on any atom is 0.264 e. The van der Waals surface area contributed by atoms with Gasteiger partial charge in [-0.2, -0.15) is 0 Å². The van der Waals surface area contributed by atoms with Gasteiger partial charge in [-0.15, -0.1) is 4.83 Å². The topological polar surface area (TPSA) is 96.0 Å². The van der Waals surface area contributed by atoms with E-state index >= 15 is 0 Å². The van der Waals surface area contributed by atoms with E-state index in [2.05, 4.69) is 4.83 Å². The number of halogens is 1. The molecule has 0 atom stereocenters. The van der Waals surface area contributed by atoms with Crippen LogP contribution in [0.4, 0.5) is 5.69 Å². The number of rotatable bonds is 7. The van der Waals surface area contributed by atoms with Crippen LogP contribution >= 0.6 is 11.6 Å². The van der Waals surface area contributed by atoms with Crippen LogP contribution in [0.15, 0.2) is 52.3 Å². The third-order valence-corrected chi connectivity index (χ3v) is 7.09. The lowest BCUT2D eigenvalue weighted by Gasteiger charge is -2.23. The summed E-state index contributed by atoms with van der Waals surface area (Å²) in [4.78, 5) is 2.20. The summed E-state index contributed by atoms with van der Waals surface area (Å²) in [7, 11) is -2.09. The molecule has 0 aliphatic rings. The Kier molecular flexibility index (Phi) is 6.38. The van der Waals surface area contributed by atoms with E-state index in [1.165, 1.54) is 75.7 Å². The molecule has 0 bridgehead atoms. The molecule has 11 heteroatoms. The fourth-order valence-electron chi connectivity index (χ4n) is 2.27. The van der Waals surface area contributed by atoms with Gasteiger partial charge in [0.2, 0.25) is 0 Å². The molecule has 148 valence electrons. The Balaban J connectivity index is 2.55. The Labute approximate surface area is 164 Å². The molecule has 2 aromatic rings. The lowest BCUT2D eigenvalue weighted by atomic mass is 10.3. The summed E-state index contributed by atoms with van der Waals surface area (Å²) in [6, 6.07) is 9.62. The highest BCUT2D eigenvalue weighted by atomic mass is 35.5. The van der Waals surface area contributed by atoms with Gasteiger partial charge >= 0.3 is 0 Å². The normalized spacial score (nSPS) is 12.2. The Morgan fingerprint density at radius 2 is 1.48 bits per heavy atom. The van der Waals surface area contributed by atoms with Crippen LogP contribution in [0, 0.1) is 0 Å². The molecule has 0 spiro atoms. The first-order valence-corrected chi connectivity index (χ1v) is 10.9. The Morgan fingerprint density at radius 1 is 0.926 bits per heavy atom. The first-order chi connectivity index (χ1) is 12.5. The van der Waals surface area contributed by atoms with Crippen molar-refractivity contribution in [3.63, 3.8) is 0 Å². The smallest absolute Gasteiger partial charge is 0.264 e. The van der Waals surface area contributed by atoms with E-state index in [9.17, 15) is 16.8 Å². The summed E-state index contributed by atoms with van der Waals surface area (Å²) in [6.07, 6.45) is 0. The van der Waals surface area contributed by atoms with Gasteiger partial charge in [-0.25, -0.2) is 21.8 Å². The van der Waals surface area contributed by atoms with Gasteiger partial charge in [0.05, 0.1) is 22.6 Å². The second-order valence-electron chi connectivity index (χ2n) is 5.75. The molecule has 8 nitrogen and oxygen atoms in total. The van der Waals surface area contributed by atoms with Crippen LogP contribution in [0.2, 0.25) is 5.02 Å². The van der Waals surface area contributed by atoms with E-state index in [0.29, 0.717) is 5.02 Å². The number of nitrogens with zero attached hydrogens (tertiary/aromatic N) is 2. The van der Waals surface area contributed by atoms with Crippen LogP contribution in [-0.2, 0) is 20.0 Å². The summed E-state index contributed by atoms with van der Waals surface area (Å²) < 4.78 is 56.8. The predicted octanol–water partition coefficient (Wildman–Crippen LogP) is 1.93. The van der Waals surface area contributed by atoms with E-state index < -0.39 is 20.0 Å². The van der Waals surface area contributed by atoms with Crippen molar-refractivity contribution in [3.05, 3.63) is 47.5 Å². The Hall–Kier alpha value is -1.85.